The minimum absolute atomic E-state index is 0. The summed E-state index contributed by atoms with van der Waals surface area (Å²) >= 11 is 0. The van der Waals surface area contributed by atoms with Crippen LogP contribution in [0.4, 0.5) is 13.2 Å². The molecule has 0 aromatic heterocycles. The molecule has 104 heavy (non-hydrogen) atoms. The Morgan fingerprint density at radius 1 is 0.394 bits per heavy atom. The number of ether oxygens (including phenoxy) is 1. The first-order valence-corrected chi connectivity index (χ1v) is 68.5. The van der Waals surface area contributed by atoms with E-state index in [1.54, 1.807) is 0 Å². The summed E-state index contributed by atoms with van der Waals surface area (Å²) in [5, 5.41) is 34.2. The molecule has 0 N–H and O–H groups in total. The zero-order valence-corrected chi connectivity index (χ0v) is 80.2. The van der Waals surface area contributed by atoms with E-state index in [0.29, 0.717) is 39.6 Å². The number of nitrogens with zero attached hydrogens (tertiary/aromatic N) is 10. The number of terminal acetylenes is 2. The molecular weight excluding hydrogens is 1540 g/mol. The highest BCUT2D eigenvalue weighted by Crippen LogP contribution is 2.60. The van der Waals surface area contributed by atoms with Crippen molar-refractivity contribution in [2.75, 3.05) is 112 Å². The average Bonchev–Trinajstić information content (AvgIpc) is 0.782. The Morgan fingerprint density at radius 3 is 0.846 bits per heavy atom. The fourth-order valence-electron chi connectivity index (χ4n) is 10.3. The molecular formula is C67H148F3N10O12P3Si9. The lowest BCUT2D eigenvalue weighted by atomic mass is 10.1. The second kappa shape index (κ2) is 53.1. The van der Waals surface area contributed by atoms with Gasteiger partial charge in [-0.15, -0.1) is 12.8 Å². The van der Waals surface area contributed by atoms with Crippen molar-refractivity contribution in [2.24, 2.45) is 5.92 Å². The van der Waals surface area contributed by atoms with E-state index in [4.69, 9.17) is 76.5 Å². The van der Waals surface area contributed by atoms with E-state index in [1.165, 1.54) is 9.80 Å². The third-order valence-electron chi connectivity index (χ3n) is 15.7. The molecule has 3 saturated heterocycles. The van der Waals surface area contributed by atoms with Gasteiger partial charge in [0.2, 0.25) is 25.0 Å². The normalized spacial score (nSPS) is 17.0. The van der Waals surface area contributed by atoms with Crippen molar-refractivity contribution in [3.05, 3.63) is 0 Å². The monoisotopic (exact) mass is 1690 g/mol. The summed E-state index contributed by atoms with van der Waals surface area (Å²) in [6.45, 7) is 68.0. The van der Waals surface area contributed by atoms with Gasteiger partial charge in [-0.3, -0.25) is 29.4 Å². The van der Waals surface area contributed by atoms with Crippen LogP contribution in [0.3, 0.4) is 0 Å². The molecule has 0 aromatic rings. The average molecular weight is 1690 g/mol. The molecule has 0 bridgehead atoms. The first-order chi connectivity index (χ1) is 46.7. The number of alkyl halides is 3. The molecule has 0 spiro atoms. The van der Waals surface area contributed by atoms with E-state index in [0.717, 1.165) is 100 Å². The maximum absolute atomic E-state index is 14.1. The molecule has 3 heterocycles. The van der Waals surface area contributed by atoms with Crippen LogP contribution in [-0.4, -0.2) is 228 Å². The van der Waals surface area contributed by atoms with Crippen molar-refractivity contribution in [1.82, 2.24) is 29.4 Å². The summed E-state index contributed by atoms with van der Waals surface area (Å²) < 4.78 is 125. The number of hydrogen-bond acceptors (Lipinski definition) is 22. The van der Waals surface area contributed by atoms with Gasteiger partial charge in [0.25, 0.3) is 8.60 Å². The van der Waals surface area contributed by atoms with E-state index in [1.807, 2.05) is 81.7 Å². The van der Waals surface area contributed by atoms with Crippen LogP contribution in [0.1, 0.15) is 84.1 Å². The molecule has 0 radical (unpaired) electrons. The van der Waals surface area contributed by atoms with E-state index in [-0.39, 0.29) is 47.1 Å². The Labute approximate surface area is 645 Å². The largest absolute Gasteiger partial charge is 0.445 e. The first kappa shape index (κ1) is 112. The molecule has 0 aliphatic carbocycles. The van der Waals surface area contributed by atoms with Gasteiger partial charge < -0.3 is 42.7 Å². The Morgan fingerprint density at radius 2 is 0.625 bits per heavy atom. The first-order valence-electron chi connectivity index (χ1n) is 36.4. The van der Waals surface area contributed by atoms with Gasteiger partial charge in [-0.05, 0) is 179 Å². The van der Waals surface area contributed by atoms with Crippen LogP contribution in [-0.2, 0) is 51.8 Å². The van der Waals surface area contributed by atoms with Crippen molar-refractivity contribution in [1.29, 1.82) is 21.0 Å². The number of phosphoric acid groups is 2. The zero-order chi connectivity index (χ0) is 79.9. The Bertz CT molecular complexity index is 2450. The molecule has 1 atom stereocenters. The van der Waals surface area contributed by atoms with Crippen molar-refractivity contribution < 1.29 is 65.0 Å². The number of halogens is 3. The Balaban J connectivity index is -0.000000381. The van der Waals surface area contributed by atoms with E-state index in [9.17, 15) is 22.3 Å². The lowest BCUT2D eigenvalue weighted by Crippen LogP contribution is -2.53. The Hall–Kier alpha value is -0.928. The topological polar surface area (TPSA) is 241 Å². The minimum Gasteiger partial charge on any atom is -0.376 e. The molecule has 3 rings (SSSR count). The van der Waals surface area contributed by atoms with Gasteiger partial charge in [0.1, 0.15) is 0 Å². The lowest BCUT2D eigenvalue weighted by Gasteiger charge is -2.41. The van der Waals surface area contributed by atoms with E-state index < -0.39 is 111 Å². The predicted molar refractivity (Wildman–Crippen MR) is 451 cm³/mol. The summed E-state index contributed by atoms with van der Waals surface area (Å²) in [6.07, 6.45) is 6.15. The second-order valence-electron chi connectivity index (χ2n) is 31.6. The van der Waals surface area contributed by atoms with Gasteiger partial charge in [-0.1, -0.05) is 89.0 Å². The van der Waals surface area contributed by atoms with E-state index in [2.05, 4.69) is 161 Å². The van der Waals surface area contributed by atoms with E-state index >= 15 is 0 Å². The fraction of sp³-hybridized carbons (Fsp3) is 0.881. The second-order valence-corrected chi connectivity index (χ2v) is 79.2. The lowest BCUT2D eigenvalue weighted by molar-refractivity contribution is -0.194. The summed E-state index contributed by atoms with van der Waals surface area (Å²) in [5.41, 5.74) is 0. The number of nitriles is 4. The van der Waals surface area contributed by atoms with Gasteiger partial charge in [0.15, 0.2) is 49.9 Å². The smallest absolute Gasteiger partial charge is 0.376 e. The molecule has 0 aromatic carbocycles. The SMILES string of the molecule is C.C.C#CCN1CC(C(F)(F)F)CN(CC#N)C1.C#CCN1CCN(CC#N)CC1.CCOC1CN(CC#N)CN(CC#N)C1.CC[Si](CC)(CC)OP(=O)(O[Si](CC)(CC)CC)O[Si](CC)(CC)CC.C[Si](C)(C)OP(=O)(O[Si](C)(C)C)O[Si](C)(C)C.C[Si](C)(C)OP(O[Si](C)(C)C)O[Si](C)(C)C. The standard InChI is InChI=1S/C18H45O4PSi3.C10H12F3N3.C10H16N4O.C9H13N3.C9H27O4PSi3.C9H27O3PSi3.2CH4/c1-10-24(11-2,12-3)20-23(19,21-25(13-4,14-5)15-6)22-26(16-7,17-8)18-9;1-2-4-15-6-9(10(11,12)13)7-16(8-15)5-3-14;1-2-15-10-7-13(5-3-11)9-14(8-10)6-4-12;1-2-4-11-6-8-12(5-3-10)9-7-11;1-15(2,3)11-14(10,12-16(4,5)6)13-17(7,8)9;1-14(2,3)10-13(11-15(4,5)6)12-16(7,8)9;;/h10-18H2,1-9H3;1,9H,4-8H2;10H,2,5-9H2,1H3;1H,4-9H2;1-9H3;1-9H3;2*1H4. The molecule has 37 heteroatoms. The molecule has 3 aliphatic rings. The molecule has 22 nitrogen and oxygen atoms in total. The fourth-order valence-corrected chi connectivity index (χ4v) is 42.9. The highest BCUT2D eigenvalue weighted by Gasteiger charge is 2.50. The predicted octanol–water partition coefficient (Wildman–Crippen LogP) is 19.5. The van der Waals surface area contributed by atoms with Crippen molar-refractivity contribution in [3.63, 3.8) is 0 Å². The maximum Gasteiger partial charge on any atom is 0.445 e. The third kappa shape index (κ3) is 53.1. The molecule has 0 saturated carbocycles. The summed E-state index contributed by atoms with van der Waals surface area (Å²) in [4.78, 5) is 11.4. The quantitative estimate of drug-likeness (QED) is 0.0248. The van der Waals surface area contributed by atoms with Gasteiger partial charge >= 0.3 is 21.8 Å². The third-order valence-corrected chi connectivity index (χ3v) is 52.3. The summed E-state index contributed by atoms with van der Waals surface area (Å²) in [7, 11) is -25.1. The molecule has 0 amide bonds. The van der Waals surface area contributed by atoms with Crippen LogP contribution in [0.2, 0.25) is 172 Å². The van der Waals surface area contributed by atoms with Crippen molar-refractivity contribution in [3.8, 4) is 49.0 Å². The minimum atomic E-state index is -4.24. The van der Waals surface area contributed by atoms with Gasteiger partial charge in [-0.25, -0.2) is 9.13 Å². The van der Waals surface area contributed by atoms with Crippen LogP contribution in [0.5, 0.6) is 0 Å². The van der Waals surface area contributed by atoms with Gasteiger partial charge in [0.05, 0.1) is 88.9 Å². The highest BCUT2D eigenvalue weighted by molar-refractivity contribution is 7.54. The van der Waals surface area contributed by atoms with Crippen molar-refractivity contribution in [2.45, 2.75) is 269 Å². The summed E-state index contributed by atoms with van der Waals surface area (Å²) in [6, 6.07) is 16.8. The van der Waals surface area contributed by atoms with Crippen LogP contribution in [0, 0.1) is 75.9 Å². The summed E-state index contributed by atoms with van der Waals surface area (Å²) in [5.74, 6) is 3.52. The van der Waals surface area contributed by atoms with Crippen LogP contribution < -0.4 is 0 Å². The number of hydrogen-bond donors (Lipinski definition) is 0. The van der Waals surface area contributed by atoms with Crippen LogP contribution in [0.25, 0.3) is 0 Å². The van der Waals surface area contributed by atoms with Gasteiger partial charge in [0, 0.05) is 59.0 Å². The highest BCUT2D eigenvalue weighted by atomic mass is 31.2. The molecule has 3 fully saturated rings. The molecule has 610 valence electrons. The van der Waals surface area contributed by atoms with Crippen molar-refractivity contribution >= 4 is 99.1 Å². The van der Waals surface area contributed by atoms with Crippen LogP contribution >= 0.6 is 24.2 Å². The van der Waals surface area contributed by atoms with Gasteiger partial charge in [-0.2, -0.15) is 34.2 Å². The zero-order valence-electron chi connectivity index (χ0n) is 68.5. The number of rotatable bonds is 35. The number of piperazine rings is 1. The Kier molecular flexibility index (Phi) is 57.1. The molecule has 3 aliphatic heterocycles. The molecule has 1 unspecified atom stereocenters. The maximum atomic E-state index is 14.1. The van der Waals surface area contributed by atoms with Crippen LogP contribution in [0.15, 0.2) is 0 Å².